The molecular formula is C60H87N11O25S. The highest BCUT2D eigenvalue weighted by molar-refractivity contribution is 7.87. The normalized spacial score (nSPS) is 18.3. The van der Waals surface area contributed by atoms with Gasteiger partial charge in [0.15, 0.2) is 0 Å². The largest absolute Gasteiger partial charge is 0.481 e. The Morgan fingerprint density at radius 1 is 0.474 bits per heavy atom. The third-order valence-corrected chi connectivity index (χ3v) is 17.3. The second kappa shape index (κ2) is 38.3. The van der Waals surface area contributed by atoms with E-state index in [1.54, 1.807) is 13.8 Å². The lowest BCUT2D eigenvalue weighted by atomic mass is 9.83. The first-order valence-electron chi connectivity index (χ1n) is 31.8. The SMILES string of the molecule is CC[C@H](C)[C@H](NC(=O)[C@@H]1CCCN1C(=O)[C@H](CCC(=O)O)NC(=O)[C@H](Cc1ccc(NS(=O)(=O)O)cc1)NC(=O)CCC(=O)O)C(=O)N1CCC[C@H]1C(=O)N[C@@H](CCC(=O)O)C(=O)N[C@@H](CCC(=O)O)C(=O)N[C@@H](C)C(=O)N[C@H](C(=O)N[C@@H](CCC(=O)O)C(=O)O)C1CCCCC1. The Labute approximate surface area is 557 Å². The maximum atomic E-state index is 14.7. The lowest BCUT2D eigenvalue weighted by molar-refractivity contribution is -0.146. The zero-order chi connectivity index (χ0) is 72.4. The van der Waals surface area contributed by atoms with Crippen LogP contribution >= 0.6 is 0 Å². The highest BCUT2D eigenvalue weighted by atomic mass is 32.2. The van der Waals surface area contributed by atoms with E-state index in [9.17, 15) is 110 Å². The van der Waals surface area contributed by atoms with Crippen LogP contribution in [0, 0.1) is 11.8 Å². The molecule has 1 aromatic carbocycles. The van der Waals surface area contributed by atoms with Gasteiger partial charge in [-0.15, -0.1) is 0 Å². The van der Waals surface area contributed by atoms with Gasteiger partial charge >= 0.3 is 46.1 Å². The van der Waals surface area contributed by atoms with Gasteiger partial charge in [0.25, 0.3) is 0 Å². The number of aliphatic carboxylic acids is 6. The number of carbonyl (C=O) groups is 16. The lowest BCUT2D eigenvalue weighted by Crippen LogP contribution is -2.61. The summed E-state index contributed by atoms with van der Waals surface area (Å²) >= 11 is 0. The van der Waals surface area contributed by atoms with E-state index >= 15 is 0 Å². The molecule has 10 amide bonds. The Kier molecular flexibility index (Phi) is 31.5. The van der Waals surface area contributed by atoms with Gasteiger partial charge in [0, 0.05) is 51.6 Å². The molecule has 3 fully saturated rings. The maximum Gasteiger partial charge on any atom is 0.357 e. The Hall–Kier alpha value is -9.55. The number of hydrogen-bond donors (Lipinski definition) is 16. The number of rotatable bonds is 40. The summed E-state index contributed by atoms with van der Waals surface area (Å²) in [6.07, 6.45) is -3.00. The number of nitrogens with zero attached hydrogens (tertiary/aromatic N) is 2. The van der Waals surface area contributed by atoms with E-state index in [4.69, 9.17) is 10.2 Å². The van der Waals surface area contributed by atoms with Crippen molar-refractivity contribution in [3.8, 4) is 0 Å². The van der Waals surface area contributed by atoms with E-state index in [0.717, 1.165) is 16.2 Å². The summed E-state index contributed by atoms with van der Waals surface area (Å²) in [5.74, 6) is -19.4. The molecule has 11 atom stereocenters. The molecule has 0 spiro atoms. The van der Waals surface area contributed by atoms with E-state index in [1.807, 2.05) is 4.72 Å². The van der Waals surface area contributed by atoms with E-state index in [1.165, 1.54) is 31.2 Å². The molecule has 4 rings (SSSR count). The van der Waals surface area contributed by atoms with Crippen molar-refractivity contribution in [3.63, 3.8) is 0 Å². The van der Waals surface area contributed by atoms with Gasteiger partial charge < -0.3 is 83.0 Å². The van der Waals surface area contributed by atoms with Crippen LogP contribution in [-0.4, -0.2) is 222 Å². The molecule has 1 saturated carbocycles. The molecule has 0 radical (unpaired) electrons. The monoisotopic (exact) mass is 1390 g/mol. The first-order valence-corrected chi connectivity index (χ1v) is 33.2. The van der Waals surface area contributed by atoms with Crippen molar-refractivity contribution < 1.29 is 120 Å². The Morgan fingerprint density at radius 2 is 0.928 bits per heavy atom. The third kappa shape index (κ3) is 26.5. The van der Waals surface area contributed by atoms with Crippen LogP contribution in [0.4, 0.5) is 5.69 Å². The number of anilines is 1. The minimum absolute atomic E-state index is 0.00368. The summed E-state index contributed by atoms with van der Waals surface area (Å²) in [4.78, 5) is 213. The van der Waals surface area contributed by atoms with Gasteiger partial charge in [0.1, 0.15) is 60.4 Å². The third-order valence-electron chi connectivity index (χ3n) is 16.8. The number of likely N-dealkylation sites (tertiary alicyclic amines) is 2. The zero-order valence-corrected chi connectivity index (χ0v) is 54.6. The molecule has 538 valence electrons. The number of benzene rings is 1. The summed E-state index contributed by atoms with van der Waals surface area (Å²) in [6.45, 7) is 4.32. The van der Waals surface area contributed by atoms with E-state index < -0.39 is 242 Å². The highest BCUT2D eigenvalue weighted by Gasteiger charge is 2.44. The minimum atomic E-state index is -4.68. The maximum absolute atomic E-state index is 14.7. The number of amides is 10. The Bertz CT molecular complexity index is 3180. The molecule has 3 aliphatic rings. The summed E-state index contributed by atoms with van der Waals surface area (Å²) in [5.41, 5.74) is 0.191. The van der Waals surface area contributed by atoms with Crippen LogP contribution in [0.1, 0.15) is 155 Å². The predicted molar refractivity (Wildman–Crippen MR) is 334 cm³/mol. The second-order valence-electron chi connectivity index (χ2n) is 24.2. The molecule has 16 N–H and O–H groups in total. The summed E-state index contributed by atoms with van der Waals surface area (Å²) in [6, 6.07) is -10.3. The van der Waals surface area contributed by atoms with Gasteiger partial charge in [-0.25, -0.2) is 4.79 Å². The first-order chi connectivity index (χ1) is 45.6. The molecule has 0 bridgehead atoms. The van der Waals surface area contributed by atoms with Crippen LogP contribution in [0.5, 0.6) is 0 Å². The average Bonchev–Trinajstić information content (AvgIpc) is 1.75. The molecule has 97 heavy (non-hydrogen) atoms. The summed E-state index contributed by atoms with van der Waals surface area (Å²) in [5, 5.41) is 76.4. The molecule has 36 nitrogen and oxygen atoms in total. The number of nitrogens with one attached hydrogen (secondary N) is 9. The Balaban J connectivity index is 1.53. The predicted octanol–water partition coefficient (Wildman–Crippen LogP) is -1.64. The van der Waals surface area contributed by atoms with Gasteiger partial charge in [-0.05, 0) is 101 Å². The number of carboxylic acid groups (broad SMARTS) is 6. The fourth-order valence-electron chi connectivity index (χ4n) is 11.4. The van der Waals surface area contributed by atoms with Crippen molar-refractivity contribution in [2.75, 3.05) is 17.8 Å². The molecule has 37 heteroatoms. The smallest absolute Gasteiger partial charge is 0.357 e. The van der Waals surface area contributed by atoms with Crippen molar-refractivity contribution in [2.45, 2.75) is 216 Å². The number of carbonyl (C=O) groups excluding carboxylic acids is 10. The highest BCUT2D eigenvalue weighted by Crippen LogP contribution is 2.28. The quantitative estimate of drug-likeness (QED) is 0.0328. The molecule has 2 heterocycles. The average molecular weight is 1390 g/mol. The Morgan fingerprint density at radius 3 is 1.43 bits per heavy atom. The van der Waals surface area contributed by atoms with Crippen LogP contribution in [0.25, 0.3) is 0 Å². The van der Waals surface area contributed by atoms with Gasteiger partial charge in [-0.1, -0.05) is 51.7 Å². The van der Waals surface area contributed by atoms with Crippen LogP contribution in [0.2, 0.25) is 0 Å². The van der Waals surface area contributed by atoms with Crippen LogP contribution in [0.3, 0.4) is 0 Å². The molecule has 1 aromatic rings. The van der Waals surface area contributed by atoms with Gasteiger partial charge in [0.05, 0.1) is 12.1 Å². The van der Waals surface area contributed by atoms with Crippen molar-refractivity contribution in [3.05, 3.63) is 29.8 Å². The number of hydrogen-bond acceptors (Lipinski definition) is 18. The lowest BCUT2D eigenvalue weighted by Gasteiger charge is -2.34. The summed E-state index contributed by atoms with van der Waals surface area (Å²) in [7, 11) is -4.68. The molecule has 2 saturated heterocycles. The van der Waals surface area contributed by atoms with Crippen LogP contribution < -0.4 is 47.3 Å². The number of carboxylic acids is 6. The molecule has 0 unspecified atom stereocenters. The molecule has 0 aromatic heterocycles. The first kappa shape index (κ1) is 79.9. The van der Waals surface area contributed by atoms with E-state index in [0.29, 0.717) is 25.7 Å². The van der Waals surface area contributed by atoms with Crippen molar-refractivity contribution in [1.29, 1.82) is 0 Å². The van der Waals surface area contributed by atoms with Crippen LogP contribution in [0.15, 0.2) is 24.3 Å². The fourth-order valence-corrected chi connectivity index (χ4v) is 11.9. The van der Waals surface area contributed by atoms with Crippen LogP contribution in [-0.2, 0) is 93.4 Å². The fraction of sp³-hybridized carbons (Fsp3) is 0.633. The summed E-state index contributed by atoms with van der Waals surface area (Å²) < 4.78 is 33.7. The van der Waals surface area contributed by atoms with Gasteiger partial charge in [-0.3, -0.25) is 81.2 Å². The molecule has 2 aliphatic heterocycles. The van der Waals surface area contributed by atoms with E-state index in [-0.39, 0.29) is 62.9 Å². The second-order valence-corrected chi connectivity index (χ2v) is 25.3. The van der Waals surface area contributed by atoms with Gasteiger partial charge in [-0.2, -0.15) is 8.42 Å². The van der Waals surface area contributed by atoms with Crippen molar-refractivity contribution in [1.82, 2.24) is 52.3 Å². The molecular weight excluding hydrogens is 1310 g/mol. The zero-order valence-electron chi connectivity index (χ0n) is 53.8. The minimum Gasteiger partial charge on any atom is -0.481 e. The van der Waals surface area contributed by atoms with E-state index in [2.05, 4.69) is 42.5 Å². The van der Waals surface area contributed by atoms with Crippen molar-refractivity contribution in [2.24, 2.45) is 11.8 Å². The van der Waals surface area contributed by atoms with Gasteiger partial charge in [0.2, 0.25) is 59.1 Å². The standard InChI is InChI=1S/C60H87N11O25S/c1-4-31(2)49(67-56(88)42-13-8-28-70(42)58(90)38(20-25-46(77)78)65-54(86)40(62-43(72)22-27-48(81)82)30-33-14-16-35(17-15-33)69-97(94,95)96)59(91)71-29-9-12-41(71)55(87)64-37(19-24-45(75)76)53(85)63-36(18-23-44(73)74)52(84)61-32(3)51(83)68-50(34-10-6-5-7-11-34)57(89)66-39(60(92)93)21-26-47(79)80/h14-17,31-32,34,36-42,49-50,69H,4-13,18-30H2,1-3H3,(H,61,84)(H,62,72)(H,63,85)(H,64,87)(H,65,86)(H,66,89)(H,67,88)(H,68,83)(H,73,74)(H,75,76)(H,77,78)(H,79,80)(H,81,82)(H,92,93)(H,94,95,96)/t31-,32-,36-,37-,38-,39-,40-,41-,42-,49-,50-/m0/s1. The molecule has 1 aliphatic carbocycles. The van der Waals surface area contributed by atoms with Crippen molar-refractivity contribution >= 4 is 111 Å². The topological polar surface area (TPSA) is 564 Å².